The van der Waals surface area contributed by atoms with E-state index in [2.05, 4.69) is 15.3 Å². The number of hydrogen-bond donors (Lipinski definition) is 2. The molecule has 2 heterocycles. The van der Waals surface area contributed by atoms with Crippen LogP contribution in [-0.2, 0) is 10.0 Å². The highest BCUT2D eigenvalue weighted by molar-refractivity contribution is 7.89. The van der Waals surface area contributed by atoms with Gasteiger partial charge in [0.25, 0.3) is 5.91 Å². The van der Waals surface area contributed by atoms with Gasteiger partial charge < -0.3 is 10.3 Å². The van der Waals surface area contributed by atoms with E-state index in [0.29, 0.717) is 24.4 Å². The molecule has 1 fully saturated rings. The predicted octanol–water partition coefficient (Wildman–Crippen LogP) is 4.52. The average molecular weight is 467 g/mol. The summed E-state index contributed by atoms with van der Waals surface area (Å²) in [6.45, 7) is 4.46. The van der Waals surface area contributed by atoms with E-state index < -0.39 is 10.0 Å². The Morgan fingerprint density at radius 2 is 1.88 bits per heavy atom. The van der Waals surface area contributed by atoms with Crippen molar-refractivity contribution in [3.63, 3.8) is 0 Å². The van der Waals surface area contributed by atoms with Gasteiger partial charge in [0.05, 0.1) is 22.8 Å². The molecule has 0 saturated carbocycles. The Kier molecular flexibility index (Phi) is 6.95. The number of nitrogens with one attached hydrogen (secondary N) is 2. The van der Waals surface area contributed by atoms with Crippen molar-refractivity contribution in [2.75, 3.05) is 6.54 Å². The van der Waals surface area contributed by atoms with Gasteiger partial charge in [-0.05, 0) is 56.0 Å². The topological polar surface area (TPSA) is 95.2 Å². The molecule has 1 saturated heterocycles. The Labute approximate surface area is 195 Å². The number of H-pyrrole nitrogens is 1. The zero-order chi connectivity index (χ0) is 23.4. The predicted molar refractivity (Wildman–Crippen MR) is 128 cm³/mol. The number of imidazole rings is 1. The third-order valence-electron chi connectivity index (χ3n) is 6.19. The molecule has 1 aliphatic heterocycles. The van der Waals surface area contributed by atoms with Crippen LogP contribution < -0.4 is 5.32 Å². The quantitative estimate of drug-likeness (QED) is 0.535. The molecular weight excluding hydrogens is 436 g/mol. The van der Waals surface area contributed by atoms with Crippen LogP contribution in [0.3, 0.4) is 0 Å². The van der Waals surface area contributed by atoms with Crippen molar-refractivity contribution in [3.05, 3.63) is 72.2 Å². The van der Waals surface area contributed by atoms with E-state index in [0.717, 1.165) is 30.5 Å². The van der Waals surface area contributed by atoms with E-state index in [9.17, 15) is 13.2 Å². The first kappa shape index (κ1) is 23.2. The fourth-order valence-corrected chi connectivity index (χ4v) is 5.93. The molecule has 2 atom stereocenters. The van der Waals surface area contributed by atoms with Gasteiger partial charge in [0, 0.05) is 18.2 Å². The lowest BCUT2D eigenvalue weighted by atomic mass is 10.1. The third kappa shape index (κ3) is 5.02. The monoisotopic (exact) mass is 466 g/mol. The maximum absolute atomic E-state index is 13.0. The number of carbonyl (C=O) groups excluding carboxylic acids is 1. The molecule has 1 aliphatic rings. The molecule has 0 bridgehead atoms. The Hall–Kier alpha value is -2.97. The lowest BCUT2D eigenvalue weighted by Gasteiger charge is -2.32. The Bertz CT molecular complexity index is 1190. The second kappa shape index (κ2) is 9.89. The second-order valence-electron chi connectivity index (χ2n) is 8.47. The first-order valence-corrected chi connectivity index (χ1v) is 12.9. The van der Waals surface area contributed by atoms with Crippen molar-refractivity contribution in [1.82, 2.24) is 19.6 Å². The molecular formula is C25H30N4O3S. The molecule has 2 N–H and O–H groups in total. The number of nitrogens with zero attached hydrogens (tertiary/aromatic N) is 2. The minimum Gasteiger partial charge on any atom is -0.342 e. The largest absolute Gasteiger partial charge is 0.342 e. The standard InChI is InChI=1S/C25H30N4O3S/c1-3-22(24-26-17-23(27-24)19-10-5-4-6-11-19)28-25(30)20-12-14-21(15-13-20)33(31,32)29-16-8-7-9-18(29)2/h4-6,10-15,17-18,22H,3,7-9,16H2,1-2H3,(H,26,27)(H,28,30). The molecule has 1 aromatic heterocycles. The highest BCUT2D eigenvalue weighted by Crippen LogP contribution is 2.26. The molecule has 174 valence electrons. The Morgan fingerprint density at radius 1 is 1.15 bits per heavy atom. The fourth-order valence-electron chi connectivity index (χ4n) is 4.23. The van der Waals surface area contributed by atoms with E-state index in [1.165, 1.54) is 12.1 Å². The molecule has 0 spiro atoms. The van der Waals surface area contributed by atoms with Crippen LogP contribution in [0, 0.1) is 0 Å². The minimum absolute atomic E-state index is 0.00823. The molecule has 0 aliphatic carbocycles. The molecule has 33 heavy (non-hydrogen) atoms. The SMILES string of the molecule is CCC(NC(=O)c1ccc(S(=O)(=O)N2CCCCC2C)cc1)c1ncc(-c2ccccc2)[nH]1. The summed E-state index contributed by atoms with van der Waals surface area (Å²) >= 11 is 0. The average Bonchev–Trinajstić information content (AvgIpc) is 3.33. The lowest BCUT2D eigenvalue weighted by Crippen LogP contribution is -2.41. The molecule has 7 nitrogen and oxygen atoms in total. The number of rotatable bonds is 7. The number of piperidine rings is 1. The summed E-state index contributed by atoms with van der Waals surface area (Å²) in [7, 11) is -3.56. The summed E-state index contributed by atoms with van der Waals surface area (Å²) in [5.41, 5.74) is 2.32. The molecule has 3 aromatic rings. The van der Waals surface area contributed by atoms with E-state index in [1.54, 1.807) is 22.6 Å². The van der Waals surface area contributed by atoms with Crippen LogP contribution in [0.15, 0.2) is 65.7 Å². The van der Waals surface area contributed by atoms with Gasteiger partial charge in [-0.3, -0.25) is 4.79 Å². The maximum Gasteiger partial charge on any atom is 0.251 e. The zero-order valence-corrected chi connectivity index (χ0v) is 19.8. The number of benzene rings is 2. The van der Waals surface area contributed by atoms with Crippen molar-refractivity contribution in [2.24, 2.45) is 0 Å². The highest BCUT2D eigenvalue weighted by atomic mass is 32.2. The highest BCUT2D eigenvalue weighted by Gasteiger charge is 2.31. The molecule has 2 aromatic carbocycles. The van der Waals surface area contributed by atoms with Crippen LogP contribution >= 0.6 is 0 Å². The lowest BCUT2D eigenvalue weighted by molar-refractivity contribution is 0.0933. The summed E-state index contributed by atoms with van der Waals surface area (Å²) in [5, 5.41) is 3.00. The van der Waals surface area contributed by atoms with Gasteiger partial charge in [-0.25, -0.2) is 13.4 Å². The minimum atomic E-state index is -3.56. The second-order valence-corrected chi connectivity index (χ2v) is 10.4. The molecule has 2 unspecified atom stereocenters. The number of aromatic nitrogens is 2. The molecule has 4 rings (SSSR count). The summed E-state index contributed by atoms with van der Waals surface area (Å²) < 4.78 is 27.6. The summed E-state index contributed by atoms with van der Waals surface area (Å²) in [5.74, 6) is 0.415. The third-order valence-corrected chi connectivity index (χ3v) is 8.22. The van der Waals surface area contributed by atoms with Crippen LogP contribution in [0.2, 0.25) is 0 Å². The Morgan fingerprint density at radius 3 is 2.55 bits per heavy atom. The van der Waals surface area contributed by atoms with Gasteiger partial charge in [-0.15, -0.1) is 0 Å². The molecule has 0 radical (unpaired) electrons. The van der Waals surface area contributed by atoms with Crippen molar-refractivity contribution in [2.45, 2.75) is 56.5 Å². The fraction of sp³-hybridized carbons (Fsp3) is 0.360. The van der Waals surface area contributed by atoms with Crippen molar-refractivity contribution < 1.29 is 13.2 Å². The smallest absolute Gasteiger partial charge is 0.251 e. The summed E-state index contributed by atoms with van der Waals surface area (Å²) in [6.07, 6.45) is 5.22. The Balaban J connectivity index is 1.46. The van der Waals surface area contributed by atoms with Crippen LogP contribution in [0.4, 0.5) is 0 Å². The van der Waals surface area contributed by atoms with E-state index >= 15 is 0 Å². The van der Waals surface area contributed by atoms with Crippen molar-refractivity contribution in [3.8, 4) is 11.3 Å². The zero-order valence-electron chi connectivity index (χ0n) is 19.0. The molecule has 8 heteroatoms. The van der Waals surface area contributed by atoms with E-state index in [-0.39, 0.29) is 22.9 Å². The number of carbonyl (C=O) groups is 1. The van der Waals surface area contributed by atoms with Crippen LogP contribution in [0.5, 0.6) is 0 Å². The van der Waals surface area contributed by atoms with Gasteiger partial charge in [-0.2, -0.15) is 4.31 Å². The van der Waals surface area contributed by atoms with Crippen molar-refractivity contribution >= 4 is 15.9 Å². The van der Waals surface area contributed by atoms with Gasteiger partial charge in [0.1, 0.15) is 5.82 Å². The van der Waals surface area contributed by atoms with E-state index in [4.69, 9.17) is 0 Å². The summed E-state index contributed by atoms with van der Waals surface area (Å²) in [6, 6.07) is 15.8. The van der Waals surface area contributed by atoms with Crippen LogP contribution in [-0.4, -0.2) is 41.2 Å². The number of hydrogen-bond acceptors (Lipinski definition) is 4. The van der Waals surface area contributed by atoms with Gasteiger partial charge in [-0.1, -0.05) is 43.7 Å². The van der Waals surface area contributed by atoms with Crippen molar-refractivity contribution in [1.29, 1.82) is 0 Å². The maximum atomic E-state index is 13.0. The number of sulfonamides is 1. The first-order valence-electron chi connectivity index (χ1n) is 11.4. The normalized spacial score (nSPS) is 18.1. The van der Waals surface area contributed by atoms with Gasteiger partial charge in [0.2, 0.25) is 10.0 Å². The van der Waals surface area contributed by atoms with Gasteiger partial charge in [0.15, 0.2) is 0 Å². The van der Waals surface area contributed by atoms with Crippen LogP contribution in [0.25, 0.3) is 11.3 Å². The first-order chi connectivity index (χ1) is 15.9. The van der Waals surface area contributed by atoms with Gasteiger partial charge >= 0.3 is 0 Å². The summed E-state index contributed by atoms with van der Waals surface area (Å²) in [4.78, 5) is 20.8. The van der Waals surface area contributed by atoms with E-state index in [1.807, 2.05) is 44.2 Å². The van der Waals surface area contributed by atoms with Crippen LogP contribution in [0.1, 0.15) is 61.8 Å². The number of amides is 1. The molecule has 1 amide bonds. The number of aromatic amines is 1.